The van der Waals surface area contributed by atoms with Crippen LogP contribution in [0.4, 0.5) is 16.2 Å². The molecule has 0 saturated carbocycles. The van der Waals surface area contributed by atoms with Crippen molar-refractivity contribution < 1.29 is 14.3 Å². The smallest absolute Gasteiger partial charge is 0.323 e. The highest BCUT2D eigenvalue weighted by Gasteiger charge is 2.16. The molecule has 0 saturated heterocycles. The summed E-state index contributed by atoms with van der Waals surface area (Å²) >= 11 is 1.64. The molecule has 29 heavy (non-hydrogen) atoms. The lowest BCUT2D eigenvalue weighted by atomic mass is 9.95. The van der Waals surface area contributed by atoms with Crippen molar-refractivity contribution in [3.05, 3.63) is 64.9 Å². The quantitative estimate of drug-likeness (QED) is 0.465. The van der Waals surface area contributed by atoms with Crippen molar-refractivity contribution >= 4 is 28.7 Å². The summed E-state index contributed by atoms with van der Waals surface area (Å²) in [5.41, 5.74) is 1.56. The minimum absolute atomic E-state index is 0.0697. The highest BCUT2D eigenvalue weighted by atomic mass is 32.1. The lowest BCUT2D eigenvalue weighted by Crippen LogP contribution is -2.19. The molecule has 3 aromatic rings. The summed E-state index contributed by atoms with van der Waals surface area (Å²) in [6.07, 6.45) is 0. The van der Waals surface area contributed by atoms with Gasteiger partial charge in [-0.1, -0.05) is 20.8 Å². The van der Waals surface area contributed by atoms with Crippen LogP contribution in [0.1, 0.15) is 32.6 Å². The molecular formula is C23H26N2O3S. The van der Waals surface area contributed by atoms with E-state index in [4.69, 9.17) is 9.47 Å². The lowest BCUT2D eigenvalue weighted by Gasteiger charge is -2.15. The molecule has 1 aromatic heterocycles. The second-order valence-corrected chi connectivity index (χ2v) is 8.47. The minimum Gasteiger partial charge on any atom is -0.494 e. The summed E-state index contributed by atoms with van der Waals surface area (Å²) < 4.78 is 11.2. The van der Waals surface area contributed by atoms with Crippen LogP contribution in [0.25, 0.3) is 0 Å². The van der Waals surface area contributed by atoms with Gasteiger partial charge >= 0.3 is 6.03 Å². The summed E-state index contributed by atoms with van der Waals surface area (Å²) in [4.78, 5) is 13.5. The van der Waals surface area contributed by atoms with Gasteiger partial charge in [0.05, 0.1) is 12.3 Å². The van der Waals surface area contributed by atoms with Crippen LogP contribution >= 0.6 is 11.3 Å². The third-order valence-corrected chi connectivity index (χ3v) is 5.44. The zero-order valence-corrected chi connectivity index (χ0v) is 17.9. The first kappa shape index (κ1) is 20.7. The molecular weight excluding hydrogens is 384 g/mol. The van der Waals surface area contributed by atoms with Crippen molar-refractivity contribution in [2.75, 3.05) is 17.2 Å². The fourth-order valence-electron chi connectivity index (χ4n) is 2.60. The summed E-state index contributed by atoms with van der Waals surface area (Å²) in [6, 6.07) is 16.4. The van der Waals surface area contributed by atoms with Crippen LogP contribution < -0.4 is 20.1 Å². The number of hydrogen-bond acceptors (Lipinski definition) is 4. The van der Waals surface area contributed by atoms with Gasteiger partial charge in [0.1, 0.15) is 17.2 Å². The van der Waals surface area contributed by atoms with Crippen molar-refractivity contribution in [3.8, 4) is 17.2 Å². The Labute approximate surface area is 175 Å². The molecule has 0 aliphatic carbocycles. The second kappa shape index (κ2) is 9.01. The van der Waals surface area contributed by atoms with Crippen LogP contribution in [0.3, 0.4) is 0 Å². The average Bonchev–Trinajstić information content (AvgIpc) is 3.14. The number of hydrogen-bond donors (Lipinski definition) is 2. The number of benzene rings is 2. The van der Waals surface area contributed by atoms with Crippen LogP contribution in [0.5, 0.6) is 17.2 Å². The van der Waals surface area contributed by atoms with E-state index >= 15 is 0 Å². The van der Waals surface area contributed by atoms with Gasteiger partial charge in [0.15, 0.2) is 0 Å². The van der Waals surface area contributed by atoms with Crippen LogP contribution in [0.2, 0.25) is 0 Å². The van der Waals surface area contributed by atoms with Crippen molar-refractivity contribution in [1.29, 1.82) is 0 Å². The highest BCUT2D eigenvalue weighted by molar-refractivity contribution is 7.10. The normalized spacial score (nSPS) is 11.0. The maximum absolute atomic E-state index is 12.2. The summed E-state index contributed by atoms with van der Waals surface area (Å²) in [7, 11) is 0. The fraction of sp³-hybridized carbons (Fsp3) is 0.261. The van der Waals surface area contributed by atoms with Gasteiger partial charge in [0.2, 0.25) is 0 Å². The average molecular weight is 411 g/mol. The Kier molecular flexibility index (Phi) is 6.44. The van der Waals surface area contributed by atoms with Gasteiger partial charge in [-0.3, -0.25) is 0 Å². The van der Waals surface area contributed by atoms with Crippen LogP contribution in [-0.4, -0.2) is 12.6 Å². The summed E-state index contributed by atoms with van der Waals surface area (Å²) in [5, 5.41) is 7.66. The van der Waals surface area contributed by atoms with Gasteiger partial charge in [-0.25, -0.2) is 4.79 Å². The van der Waals surface area contributed by atoms with Gasteiger partial charge in [0.25, 0.3) is 0 Å². The molecule has 152 valence electrons. The number of urea groups is 1. The zero-order chi connectivity index (χ0) is 20.9. The molecule has 2 N–H and O–H groups in total. The second-order valence-electron chi connectivity index (χ2n) is 7.56. The highest BCUT2D eigenvalue weighted by Crippen LogP contribution is 2.31. The molecule has 2 aromatic carbocycles. The first-order valence-corrected chi connectivity index (χ1v) is 10.4. The Morgan fingerprint density at radius 2 is 1.45 bits per heavy atom. The van der Waals surface area contributed by atoms with Crippen molar-refractivity contribution in [1.82, 2.24) is 0 Å². The van der Waals surface area contributed by atoms with Gasteiger partial charge in [-0.15, -0.1) is 11.3 Å². The Morgan fingerprint density at radius 3 is 2.00 bits per heavy atom. The molecule has 0 unspecified atom stereocenters. The zero-order valence-electron chi connectivity index (χ0n) is 17.1. The molecule has 0 bridgehead atoms. The number of carbonyl (C=O) groups is 1. The standard InChI is InChI=1S/C23H26N2O3S/c1-5-27-18-10-12-20(13-11-18)28-19-8-6-16(7-9-19)24-22(26)25-17-14-21(29-15-17)23(2,3)4/h6-15H,5H2,1-4H3,(H2,24,25,26). The monoisotopic (exact) mass is 410 g/mol. The number of ether oxygens (including phenoxy) is 2. The first-order chi connectivity index (χ1) is 13.8. The molecule has 1 heterocycles. The van der Waals surface area contributed by atoms with Gasteiger partial charge in [-0.05, 0) is 66.9 Å². The molecule has 0 fully saturated rings. The van der Waals surface area contributed by atoms with E-state index in [-0.39, 0.29) is 11.4 Å². The number of thiophene rings is 1. The number of carbonyl (C=O) groups excluding carboxylic acids is 1. The largest absolute Gasteiger partial charge is 0.494 e. The molecule has 6 heteroatoms. The van der Waals surface area contributed by atoms with Crippen LogP contribution in [-0.2, 0) is 5.41 Å². The number of anilines is 2. The topological polar surface area (TPSA) is 59.6 Å². The Balaban J connectivity index is 1.54. The molecule has 0 aliphatic rings. The van der Waals surface area contributed by atoms with Crippen LogP contribution in [0.15, 0.2) is 60.0 Å². The van der Waals surface area contributed by atoms with E-state index in [1.54, 1.807) is 23.5 Å². The van der Waals surface area contributed by atoms with E-state index < -0.39 is 0 Å². The van der Waals surface area contributed by atoms with E-state index in [0.717, 1.165) is 17.2 Å². The molecule has 0 spiro atoms. The summed E-state index contributed by atoms with van der Waals surface area (Å²) in [6.45, 7) is 9.04. The maximum Gasteiger partial charge on any atom is 0.323 e. The Morgan fingerprint density at radius 1 is 0.897 bits per heavy atom. The number of rotatable bonds is 6. The molecule has 2 amide bonds. The predicted molar refractivity (Wildman–Crippen MR) is 120 cm³/mol. The Bertz CT molecular complexity index is 942. The van der Waals surface area contributed by atoms with Gasteiger partial charge in [0, 0.05) is 15.9 Å². The number of amides is 2. The fourth-order valence-corrected chi connectivity index (χ4v) is 3.53. The van der Waals surface area contributed by atoms with Crippen molar-refractivity contribution in [2.24, 2.45) is 0 Å². The van der Waals surface area contributed by atoms with E-state index in [9.17, 15) is 4.79 Å². The van der Waals surface area contributed by atoms with Gasteiger partial charge in [-0.2, -0.15) is 0 Å². The van der Waals surface area contributed by atoms with Gasteiger partial charge < -0.3 is 20.1 Å². The van der Waals surface area contributed by atoms with E-state index in [0.29, 0.717) is 18.0 Å². The van der Waals surface area contributed by atoms with Crippen LogP contribution in [0, 0.1) is 0 Å². The van der Waals surface area contributed by atoms with E-state index in [1.807, 2.05) is 54.8 Å². The maximum atomic E-state index is 12.2. The molecule has 0 atom stereocenters. The predicted octanol–water partition coefficient (Wildman–Crippen LogP) is 6.88. The lowest BCUT2D eigenvalue weighted by molar-refractivity contribution is 0.262. The molecule has 3 rings (SSSR count). The third-order valence-electron chi connectivity index (χ3n) is 4.08. The summed E-state index contributed by atoms with van der Waals surface area (Å²) in [5.74, 6) is 2.22. The molecule has 0 aliphatic heterocycles. The van der Waals surface area contributed by atoms with E-state index in [1.165, 1.54) is 4.88 Å². The number of nitrogens with one attached hydrogen (secondary N) is 2. The van der Waals surface area contributed by atoms with Crippen molar-refractivity contribution in [2.45, 2.75) is 33.1 Å². The SMILES string of the molecule is CCOc1ccc(Oc2ccc(NC(=O)Nc3csc(C(C)(C)C)c3)cc2)cc1. The minimum atomic E-state index is -0.275. The first-order valence-electron chi connectivity index (χ1n) is 9.51. The van der Waals surface area contributed by atoms with Crippen molar-refractivity contribution in [3.63, 3.8) is 0 Å². The molecule has 0 radical (unpaired) electrons. The third kappa shape index (κ3) is 5.99. The molecule has 5 nitrogen and oxygen atoms in total. The Hall–Kier alpha value is -2.99. The van der Waals surface area contributed by atoms with E-state index in [2.05, 4.69) is 31.4 Å².